The standard InChI is InChI=1S/C29H32N2O7/c1-3-15-30(19-9-11-21(37-2)12-10-19)27(34)25-29-14-13-22(38-29)23(28(35)36)24(29)26(33)31(25)20(17-32)16-18-7-5-4-6-8-18/h3-12,20,22-25,32H,1,13-17H2,2H3,(H,35,36)/t20-,22+,23-,24-,25+,29-/m1/s1. The molecule has 0 saturated carbocycles. The van der Waals surface area contributed by atoms with E-state index < -0.39 is 60.0 Å². The summed E-state index contributed by atoms with van der Waals surface area (Å²) in [5.74, 6) is -3.38. The van der Waals surface area contributed by atoms with Gasteiger partial charge < -0.3 is 29.5 Å². The lowest BCUT2D eigenvalue weighted by Crippen LogP contribution is -2.59. The molecule has 2 amide bonds. The third-order valence-corrected chi connectivity index (χ3v) is 8.14. The maximum atomic E-state index is 14.5. The molecule has 5 rings (SSSR count). The number of carboxylic acids is 1. The van der Waals surface area contributed by atoms with Gasteiger partial charge in [-0.1, -0.05) is 36.4 Å². The number of ether oxygens (including phenoxy) is 2. The summed E-state index contributed by atoms with van der Waals surface area (Å²) in [5, 5.41) is 20.5. The largest absolute Gasteiger partial charge is 0.497 e. The molecule has 0 aromatic heterocycles. The number of likely N-dealkylation sites (tertiary alicyclic amines) is 1. The van der Waals surface area contributed by atoms with Gasteiger partial charge in [-0.05, 0) is 49.1 Å². The van der Waals surface area contributed by atoms with Crippen LogP contribution in [-0.2, 0) is 25.5 Å². The van der Waals surface area contributed by atoms with Crippen LogP contribution >= 0.6 is 0 Å². The smallest absolute Gasteiger partial charge is 0.310 e. The molecule has 0 aliphatic carbocycles. The summed E-state index contributed by atoms with van der Waals surface area (Å²) < 4.78 is 11.6. The number of aliphatic hydroxyl groups is 1. The van der Waals surface area contributed by atoms with E-state index in [4.69, 9.17) is 9.47 Å². The summed E-state index contributed by atoms with van der Waals surface area (Å²) >= 11 is 0. The number of benzene rings is 2. The number of rotatable bonds is 10. The number of hydrogen-bond acceptors (Lipinski definition) is 6. The van der Waals surface area contributed by atoms with Gasteiger partial charge in [0.2, 0.25) is 5.91 Å². The highest BCUT2D eigenvalue weighted by atomic mass is 16.5. The summed E-state index contributed by atoms with van der Waals surface area (Å²) in [6, 6.07) is 14.5. The molecular formula is C29H32N2O7. The second-order valence-electron chi connectivity index (χ2n) is 10.1. The minimum atomic E-state index is -1.28. The highest BCUT2D eigenvalue weighted by Crippen LogP contribution is 2.59. The molecule has 2 aromatic rings. The van der Waals surface area contributed by atoms with E-state index in [0.29, 0.717) is 30.7 Å². The Morgan fingerprint density at radius 1 is 1.24 bits per heavy atom. The van der Waals surface area contributed by atoms with Gasteiger partial charge in [0, 0.05) is 12.2 Å². The zero-order chi connectivity index (χ0) is 27.0. The van der Waals surface area contributed by atoms with Gasteiger partial charge in [0.1, 0.15) is 17.4 Å². The van der Waals surface area contributed by atoms with Crippen LogP contribution in [0.2, 0.25) is 0 Å². The first kappa shape index (κ1) is 25.9. The van der Waals surface area contributed by atoms with Crippen LogP contribution in [0.4, 0.5) is 5.69 Å². The van der Waals surface area contributed by atoms with Gasteiger partial charge in [-0.3, -0.25) is 14.4 Å². The van der Waals surface area contributed by atoms with E-state index in [-0.39, 0.29) is 6.54 Å². The Morgan fingerprint density at radius 2 is 1.95 bits per heavy atom. The number of aliphatic carboxylic acids is 1. The van der Waals surface area contributed by atoms with Crippen molar-refractivity contribution in [2.45, 2.75) is 43.1 Å². The van der Waals surface area contributed by atoms with Crippen LogP contribution in [-0.4, -0.2) is 76.9 Å². The Labute approximate surface area is 221 Å². The SMILES string of the molecule is C=CCN(C(=O)[C@@H]1N([C@@H](CO)Cc2ccccc2)C(=O)[C@H]2[C@H](C(=O)O)[C@@H]3CC[C@]12O3)c1ccc(OC)cc1. The third-order valence-electron chi connectivity index (χ3n) is 8.14. The number of carbonyl (C=O) groups is 3. The minimum absolute atomic E-state index is 0.165. The molecule has 2 aromatic carbocycles. The maximum Gasteiger partial charge on any atom is 0.310 e. The fourth-order valence-electron chi connectivity index (χ4n) is 6.54. The van der Waals surface area contributed by atoms with Gasteiger partial charge in [0.05, 0.1) is 37.7 Å². The maximum absolute atomic E-state index is 14.5. The molecule has 9 heteroatoms. The Balaban J connectivity index is 1.59. The Bertz CT molecular complexity index is 1220. The molecule has 3 heterocycles. The van der Waals surface area contributed by atoms with E-state index in [1.165, 1.54) is 9.80 Å². The first-order valence-corrected chi connectivity index (χ1v) is 12.8. The average molecular weight is 521 g/mol. The molecule has 38 heavy (non-hydrogen) atoms. The zero-order valence-corrected chi connectivity index (χ0v) is 21.2. The van der Waals surface area contributed by atoms with Crippen LogP contribution in [0.5, 0.6) is 5.75 Å². The van der Waals surface area contributed by atoms with Crippen LogP contribution in [0.1, 0.15) is 18.4 Å². The molecule has 200 valence electrons. The summed E-state index contributed by atoms with van der Waals surface area (Å²) in [6.07, 6.45) is 2.11. The quantitative estimate of drug-likeness (QED) is 0.462. The molecule has 3 saturated heterocycles. The molecule has 6 atom stereocenters. The number of carbonyl (C=O) groups excluding carboxylic acids is 2. The molecule has 3 aliphatic rings. The summed E-state index contributed by atoms with van der Waals surface area (Å²) in [7, 11) is 1.55. The number of anilines is 1. The fourth-order valence-corrected chi connectivity index (χ4v) is 6.54. The molecule has 3 fully saturated rings. The van der Waals surface area contributed by atoms with Crippen molar-refractivity contribution >= 4 is 23.5 Å². The van der Waals surface area contributed by atoms with Crippen LogP contribution in [0, 0.1) is 11.8 Å². The number of carboxylic acid groups (broad SMARTS) is 1. The van der Waals surface area contributed by atoms with Crippen molar-refractivity contribution < 1.29 is 34.1 Å². The van der Waals surface area contributed by atoms with Gasteiger partial charge in [-0.25, -0.2) is 0 Å². The topological polar surface area (TPSA) is 117 Å². The molecule has 2 bridgehead atoms. The van der Waals surface area contributed by atoms with E-state index in [2.05, 4.69) is 6.58 Å². The summed E-state index contributed by atoms with van der Waals surface area (Å²) in [6.45, 7) is 3.58. The Hall–Kier alpha value is -3.69. The molecule has 0 radical (unpaired) electrons. The van der Waals surface area contributed by atoms with E-state index in [1.54, 1.807) is 37.5 Å². The first-order valence-electron chi connectivity index (χ1n) is 12.8. The number of hydrogen-bond donors (Lipinski definition) is 2. The monoisotopic (exact) mass is 520 g/mol. The van der Waals surface area contributed by atoms with Crippen molar-refractivity contribution in [3.8, 4) is 5.75 Å². The van der Waals surface area contributed by atoms with Crippen molar-refractivity contribution in [1.29, 1.82) is 0 Å². The number of nitrogens with zero attached hydrogens (tertiary/aromatic N) is 2. The highest BCUT2D eigenvalue weighted by Gasteiger charge is 2.75. The van der Waals surface area contributed by atoms with Crippen molar-refractivity contribution in [2.24, 2.45) is 11.8 Å². The molecule has 2 N–H and O–H groups in total. The first-order chi connectivity index (χ1) is 18.4. The Morgan fingerprint density at radius 3 is 2.55 bits per heavy atom. The van der Waals surface area contributed by atoms with Gasteiger partial charge in [0.15, 0.2) is 0 Å². The van der Waals surface area contributed by atoms with Gasteiger partial charge in [-0.15, -0.1) is 6.58 Å². The molecule has 0 unspecified atom stereocenters. The Kier molecular flexibility index (Phi) is 6.98. The molecule has 1 spiro atoms. The number of methoxy groups -OCH3 is 1. The average Bonchev–Trinajstić information content (AvgIpc) is 3.58. The zero-order valence-electron chi connectivity index (χ0n) is 21.2. The molecule has 3 aliphatic heterocycles. The van der Waals surface area contributed by atoms with E-state index in [0.717, 1.165) is 5.56 Å². The number of aliphatic hydroxyl groups excluding tert-OH is 1. The van der Waals surface area contributed by atoms with E-state index in [9.17, 15) is 24.6 Å². The van der Waals surface area contributed by atoms with Crippen molar-refractivity contribution in [3.63, 3.8) is 0 Å². The van der Waals surface area contributed by atoms with Crippen molar-refractivity contribution in [3.05, 3.63) is 72.8 Å². The van der Waals surface area contributed by atoms with Gasteiger partial charge in [0.25, 0.3) is 5.91 Å². The minimum Gasteiger partial charge on any atom is -0.497 e. The fraction of sp³-hybridized carbons (Fsp3) is 0.414. The van der Waals surface area contributed by atoms with Crippen LogP contribution < -0.4 is 9.64 Å². The second-order valence-corrected chi connectivity index (χ2v) is 10.1. The van der Waals surface area contributed by atoms with E-state index in [1.807, 2.05) is 30.3 Å². The predicted octanol–water partition coefficient (Wildman–Crippen LogP) is 2.28. The lowest BCUT2D eigenvalue weighted by atomic mass is 9.70. The number of amides is 2. The van der Waals surface area contributed by atoms with Gasteiger partial charge >= 0.3 is 5.97 Å². The van der Waals surface area contributed by atoms with Gasteiger partial charge in [-0.2, -0.15) is 0 Å². The third kappa shape index (κ3) is 4.06. The summed E-state index contributed by atoms with van der Waals surface area (Å²) in [4.78, 5) is 43.7. The van der Waals surface area contributed by atoms with Crippen molar-refractivity contribution in [1.82, 2.24) is 4.90 Å². The molecule has 9 nitrogen and oxygen atoms in total. The highest BCUT2D eigenvalue weighted by molar-refractivity contribution is 6.04. The van der Waals surface area contributed by atoms with Crippen LogP contribution in [0.25, 0.3) is 0 Å². The lowest BCUT2D eigenvalue weighted by Gasteiger charge is -2.39. The van der Waals surface area contributed by atoms with Crippen molar-refractivity contribution in [2.75, 3.05) is 25.2 Å². The lowest BCUT2D eigenvalue weighted by molar-refractivity contribution is -0.151. The van der Waals surface area contributed by atoms with E-state index >= 15 is 0 Å². The summed E-state index contributed by atoms with van der Waals surface area (Å²) in [5.41, 5.74) is 0.185. The normalized spacial score (nSPS) is 28.2. The predicted molar refractivity (Wildman–Crippen MR) is 139 cm³/mol. The van der Waals surface area contributed by atoms with Crippen LogP contribution in [0.3, 0.4) is 0 Å². The molecular weight excluding hydrogens is 488 g/mol. The van der Waals surface area contributed by atoms with Crippen LogP contribution in [0.15, 0.2) is 67.3 Å². The number of fused-ring (bicyclic) bond motifs is 1. The second kappa shape index (κ2) is 10.2.